The van der Waals surface area contributed by atoms with Gasteiger partial charge in [-0.3, -0.25) is 0 Å². The molecule has 1 aliphatic heterocycles. The molecular weight excluding hydrogens is 300 g/mol. The van der Waals surface area contributed by atoms with Crippen LogP contribution in [0.3, 0.4) is 0 Å². The third-order valence-corrected chi connectivity index (χ3v) is 4.76. The summed E-state index contributed by atoms with van der Waals surface area (Å²) in [5.74, 6) is 0. The van der Waals surface area contributed by atoms with Gasteiger partial charge in [0.1, 0.15) is 0 Å². The molecule has 1 saturated heterocycles. The third kappa shape index (κ3) is 3.96. The largest absolute Gasteiger partial charge is 0.371 e. The summed E-state index contributed by atoms with van der Waals surface area (Å²) < 4.78 is 1.21. The van der Waals surface area contributed by atoms with Gasteiger partial charge in [0.2, 0.25) is 0 Å². The lowest BCUT2D eigenvalue weighted by atomic mass is 9.85. The Labute approximate surface area is 125 Å². The highest BCUT2D eigenvalue weighted by atomic mass is 79.9. The van der Waals surface area contributed by atoms with E-state index in [1.54, 1.807) is 0 Å². The molecule has 1 aromatic rings. The topological polar surface area (TPSA) is 29.3 Å². The Morgan fingerprint density at radius 2 is 2.05 bits per heavy atom. The SMILES string of the molecule is CC1(C)CCCN(c2ccc(CCN)cc2Br)CC1. The van der Waals surface area contributed by atoms with Crippen molar-refractivity contribution in [3.63, 3.8) is 0 Å². The minimum absolute atomic E-state index is 0.487. The smallest absolute Gasteiger partial charge is 0.0510 e. The lowest BCUT2D eigenvalue weighted by Crippen LogP contribution is -2.25. The zero-order valence-electron chi connectivity index (χ0n) is 12.1. The first-order valence-electron chi connectivity index (χ1n) is 7.25. The molecule has 0 amide bonds. The average Bonchev–Trinajstić information content (AvgIpc) is 2.51. The number of hydrogen-bond donors (Lipinski definition) is 1. The van der Waals surface area contributed by atoms with Gasteiger partial charge in [-0.1, -0.05) is 19.9 Å². The summed E-state index contributed by atoms with van der Waals surface area (Å²) in [6.45, 7) is 7.80. The van der Waals surface area contributed by atoms with Crippen LogP contribution in [0.2, 0.25) is 0 Å². The van der Waals surface area contributed by atoms with Gasteiger partial charge in [0, 0.05) is 17.6 Å². The molecule has 2 N–H and O–H groups in total. The lowest BCUT2D eigenvalue weighted by Gasteiger charge is -2.26. The standard InChI is InChI=1S/C16H25BrN2/c1-16(2)7-3-10-19(11-8-16)15-5-4-13(6-9-18)12-14(15)17/h4-5,12H,3,6-11,18H2,1-2H3. The Morgan fingerprint density at radius 1 is 1.26 bits per heavy atom. The second kappa shape index (κ2) is 6.27. The van der Waals surface area contributed by atoms with Crippen LogP contribution in [0.5, 0.6) is 0 Å². The molecule has 0 bridgehead atoms. The number of anilines is 1. The van der Waals surface area contributed by atoms with Crippen molar-refractivity contribution < 1.29 is 0 Å². The van der Waals surface area contributed by atoms with Crippen molar-refractivity contribution in [2.75, 3.05) is 24.5 Å². The molecule has 0 spiro atoms. The minimum Gasteiger partial charge on any atom is -0.371 e. The van der Waals surface area contributed by atoms with Crippen LogP contribution >= 0.6 is 15.9 Å². The number of nitrogens with two attached hydrogens (primary N) is 1. The molecule has 0 unspecified atom stereocenters. The van der Waals surface area contributed by atoms with E-state index < -0.39 is 0 Å². The van der Waals surface area contributed by atoms with Crippen LogP contribution in [-0.4, -0.2) is 19.6 Å². The maximum absolute atomic E-state index is 5.62. The summed E-state index contributed by atoms with van der Waals surface area (Å²) in [4.78, 5) is 2.52. The fourth-order valence-electron chi connectivity index (χ4n) is 2.79. The first kappa shape index (κ1) is 14.9. The molecule has 2 rings (SSSR count). The van der Waals surface area contributed by atoms with Crippen molar-refractivity contribution >= 4 is 21.6 Å². The fraction of sp³-hybridized carbons (Fsp3) is 0.625. The molecule has 19 heavy (non-hydrogen) atoms. The summed E-state index contributed by atoms with van der Waals surface area (Å²) in [6, 6.07) is 6.68. The summed E-state index contributed by atoms with van der Waals surface area (Å²) in [5.41, 5.74) is 8.75. The summed E-state index contributed by atoms with van der Waals surface area (Å²) in [5, 5.41) is 0. The van der Waals surface area contributed by atoms with Crippen molar-refractivity contribution in [1.29, 1.82) is 0 Å². The van der Waals surface area contributed by atoms with E-state index in [1.165, 1.54) is 35.0 Å². The maximum atomic E-state index is 5.62. The van der Waals surface area contributed by atoms with Crippen molar-refractivity contribution in [2.24, 2.45) is 11.1 Å². The van der Waals surface area contributed by atoms with Crippen molar-refractivity contribution in [3.05, 3.63) is 28.2 Å². The molecule has 2 nitrogen and oxygen atoms in total. The van der Waals surface area contributed by atoms with E-state index in [0.717, 1.165) is 19.5 Å². The highest BCUT2D eigenvalue weighted by molar-refractivity contribution is 9.10. The number of benzene rings is 1. The molecular formula is C16H25BrN2. The number of hydrogen-bond acceptors (Lipinski definition) is 2. The van der Waals surface area contributed by atoms with Gasteiger partial charge in [0.15, 0.2) is 0 Å². The van der Waals surface area contributed by atoms with Crippen molar-refractivity contribution in [1.82, 2.24) is 0 Å². The predicted molar refractivity (Wildman–Crippen MR) is 86.7 cm³/mol. The Morgan fingerprint density at radius 3 is 2.74 bits per heavy atom. The van der Waals surface area contributed by atoms with Gasteiger partial charge >= 0.3 is 0 Å². The van der Waals surface area contributed by atoms with Crippen LogP contribution in [0, 0.1) is 5.41 Å². The molecule has 1 aromatic carbocycles. The molecule has 0 aliphatic carbocycles. The van der Waals surface area contributed by atoms with Gasteiger partial charge in [0.05, 0.1) is 5.69 Å². The monoisotopic (exact) mass is 324 g/mol. The summed E-state index contributed by atoms with van der Waals surface area (Å²) >= 11 is 3.72. The summed E-state index contributed by atoms with van der Waals surface area (Å²) in [6.07, 6.45) is 4.83. The molecule has 0 radical (unpaired) electrons. The third-order valence-electron chi connectivity index (χ3n) is 4.13. The van der Waals surface area contributed by atoms with Gasteiger partial charge in [0.25, 0.3) is 0 Å². The highest BCUT2D eigenvalue weighted by Crippen LogP contribution is 2.34. The first-order chi connectivity index (χ1) is 9.02. The van der Waals surface area contributed by atoms with Crippen LogP contribution in [0.15, 0.2) is 22.7 Å². The van der Waals surface area contributed by atoms with E-state index in [0.29, 0.717) is 12.0 Å². The van der Waals surface area contributed by atoms with Crippen molar-refractivity contribution in [3.8, 4) is 0 Å². The molecule has 1 fully saturated rings. The molecule has 0 aromatic heterocycles. The van der Waals surface area contributed by atoms with E-state index in [2.05, 4.69) is 52.9 Å². The van der Waals surface area contributed by atoms with E-state index in [-0.39, 0.29) is 0 Å². The van der Waals surface area contributed by atoms with E-state index >= 15 is 0 Å². The van der Waals surface area contributed by atoms with Gasteiger partial charge in [-0.2, -0.15) is 0 Å². The zero-order valence-corrected chi connectivity index (χ0v) is 13.7. The van der Waals surface area contributed by atoms with Crippen LogP contribution in [0.1, 0.15) is 38.7 Å². The molecule has 3 heteroatoms. The first-order valence-corrected chi connectivity index (χ1v) is 8.04. The molecule has 0 atom stereocenters. The maximum Gasteiger partial charge on any atom is 0.0510 e. The average molecular weight is 325 g/mol. The van der Waals surface area contributed by atoms with Crippen LogP contribution in [0.25, 0.3) is 0 Å². The van der Waals surface area contributed by atoms with E-state index in [9.17, 15) is 0 Å². The summed E-state index contributed by atoms with van der Waals surface area (Å²) in [7, 11) is 0. The van der Waals surface area contributed by atoms with Crippen LogP contribution in [-0.2, 0) is 6.42 Å². The highest BCUT2D eigenvalue weighted by Gasteiger charge is 2.23. The van der Waals surface area contributed by atoms with Gasteiger partial charge < -0.3 is 10.6 Å². The Bertz CT molecular complexity index is 429. The lowest BCUT2D eigenvalue weighted by molar-refractivity contribution is 0.325. The van der Waals surface area contributed by atoms with E-state index in [1.807, 2.05) is 0 Å². The Kier molecular flexibility index (Phi) is 4.91. The Balaban J connectivity index is 2.13. The normalized spacial score (nSPS) is 19.3. The number of halogens is 1. The van der Waals surface area contributed by atoms with E-state index in [4.69, 9.17) is 5.73 Å². The van der Waals surface area contributed by atoms with Gasteiger partial charge in [-0.15, -0.1) is 0 Å². The Hall–Kier alpha value is -0.540. The van der Waals surface area contributed by atoms with Gasteiger partial charge in [-0.25, -0.2) is 0 Å². The number of rotatable bonds is 3. The predicted octanol–water partition coefficient (Wildman–Crippen LogP) is 3.97. The molecule has 0 saturated carbocycles. The molecule has 1 aliphatic rings. The zero-order chi connectivity index (χ0) is 13.9. The van der Waals surface area contributed by atoms with Gasteiger partial charge in [-0.05, 0) is 71.3 Å². The fourth-order valence-corrected chi connectivity index (χ4v) is 3.47. The number of nitrogens with zero attached hydrogens (tertiary/aromatic N) is 1. The molecule has 106 valence electrons. The van der Waals surface area contributed by atoms with Crippen LogP contribution < -0.4 is 10.6 Å². The van der Waals surface area contributed by atoms with Crippen molar-refractivity contribution in [2.45, 2.75) is 39.5 Å². The second-order valence-corrected chi connectivity index (χ2v) is 7.18. The second-order valence-electron chi connectivity index (χ2n) is 6.33. The van der Waals surface area contributed by atoms with Crippen LogP contribution in [0.4, 0.5) is 5.69 Å². The molecule has 1 heterocycles. The minimum atomic E-state index is 0.487. The quantitative estimate of drug-likeness (QED) is 0.911.